The lowest BCUT2D eigenvalue weighted by molar-refractivity contribution is 0.0943. The largest absolute Gasteiger partial charge is 0.487 e. The number of hydrogen-bond acceptors (Lipinski definition) is 5. The Balaban J connectivity index is 1.92. The number of amides is 1. The molecule has 0 saturated carbocycles. The molecular formula is C17H23N3O2S. The number of nitrogens with zero attached hydrogens (tertiary/aromatic N) is 2. The van der Waals surface area contributed by atoms with Crippen LogP contribution in [0.4, 0.5) is 0 Å². The first kappa shape index (κ1) is 17.4. The van der Waals surface area contributed by atoms with E-state index in [9.17, 15) is 4.79 Å². The summed E-state index contributed by atoms with van der Waals surface area (Å²) in [6.07, 6.45) is 0. The minimum atomic E-state index is -0.0892. The number of rotatable bonds is 7. The fraction of sp³-hybridized carbons (Fsp3) is 0.412. The maximum atomic E-state index is 12.2. The van der Waals surface area contributed by atoms with Crippen molar-refractivity contribution in [2.75, 3.05) is 20.6 Å². The van der Waals surface area contributed by atoms with Crippen molar-refractivity contribution in [2.45, 2.75) is 26.5 Å². The average molecular weight is 333 g/mol. The van der Waals surface area contributed by atoms with Crippen LogP contribution in [-0.2, 0) is 6.61 Å². The number of benzene rings is 1. The van der Waals surface area contributed by atoms with Gasteiger partial charge in [0.05, 0.1) is 10.7 Å². The predicted octanol–water partition coefficient (Wildman–Crippen LogP) is 2.71. The van der Waals surface area contributed by atoms with Crippen molar-refractivity contribution in [1.82, 2.24) is 15.2 Å². The molecule has 124 valence electrons. The number of hydrogen-bond donors (Lipinski definition) is 1. The quantitative estimate of drug-likeness (QED) is 0.846. The van der Waals surface area contributed by atoms with Gasteiger partial charge < -0.3 is 15.0 Å². The van der Waals surface area contributed by atoms with Crippen LogP contribution in [0.1, 0.15) is 28.0 Å². The molecule has 1 aromatic heterocycles. The lowest BCUT2D eigenvalue weighted by atomic mass is 10.2. The Morgan fingerprint density at radius 2 is 2.22 bits per heavy atom. The summed E-state index contributed by atoms with van der Waals surface area (Å²) in [7, 11) is 3.98. The van der Waals surface area contributed by atoms with Crippen molar-refractivity contribution >= 4 is 17.2 Å². The molecule has 0 aliphatic heterocycles. The van der Waals surface area contributed by atoms with Gasteiger partial charge in [-0.05, 0) is 46.1 Å². The molecule has 2 rings (SSSR count). The molecule has 0 radical (unpaired) electrons. The molecule has 1 amide bonds. The van der Waals surface area contributed by atoms with E-state index in [1.165, 1.54) is 0 Å². The maximum absolute atomic E-state index is 12.2. The molecule has 0 spiro atoms. The first-order valence-electron chi connectivity index (χ1n) is 7.54. The third kappa shape index (κ3) is 5.33. The Hall–Kier alpha value is -1.92. The van der Waals surface area contributed by atoms with E-state index in [1.807, 2.05) is 38.5 Å². The van der Waals surface area contributed by atoms with Crippen LogP contribution in [0.5, 0.6) is 5.75 Å². The summed E-state index contributed by atoms with van der Waals surface area (Å²) in [6.45, 7) is 5.05. The summed E-state index contributed by atoms with van der Waals surface area (Å²) in [5.74, 6) is 0.581. The highest BCUT2D eigenvalue weighted by atomic mass is 32.1. The van der Waals surface area contributed by atoms with E-state index in [2.05, 4.69) is 22.1 Å². The molecule has 1 heterocycles. The molecule has 0 aliphatic carbocycles. The number of carbonyl (C=O) groups excluding carboxylic acids is 1. The second-order valence-corrected chi connectivity index (χ2v) is 6.76. The van der Waals surface area contributed by atoms with Crippen molar-refractivity contribution in [2.24, 2.45) is 0 Å². The number of nitrogens with one attached hydrogen (secondary N) is 1. The molecule has 5 nitrogen and oxygen atoms in total. The number of carbonyl (C=O) groups is 1. The monoisotopic (exact) mass is 333 g/mol. The van der Waals surface area contributed by atoms with Crippen molar-refractivity contribution in [1.29, 1.82) is 0 Å². The fourth-order valence-corrected chi connectivity index (χ4v) is 2.48. The van der Waals surface area contributed by atoms with Crippen molar-refractivity contribution < 1.29 is 9.53 Å². The molecule has 23 heavy (non-hydrogen) atoms. The molecular weight excluding hydrogens is 310 g/mol. The summed E-state index contributed by atoms with van der Waals surface area (Å²) in [6, 6.07) is 7.50. The summed E-state index contributed by atoms with van der Waals surface area (Å²) >= 11 is 1.60. The minimum absolute atomic E-state index is 0.0892. The molecule has 0 fully saturated rings. The smallest absolute Gasteiger partial charge is 0.251 e. The van der Waals surface area contributed by atoms with Crippen LogP contribution >= 0.6 is 11.3 Å². The second kappa shape index (κ2) is 8.08. The summed E-state index contributed by atoms with van der Waals surface area (Å²) < 4.78 is 5.72. The number of likely N-dealkylation sites (N-methyl/N-ethyl adjacent to an activating group) is 1. The van der Waals surface area contributed by atoms with Gasteiger partial charge in [-0.2, -0.15) is 0 Å². The first-order chi connectivity index (χ1) is 11.0. The van der Waals surface area contributed by atoms with Crippen molar-refractivity contribution in [3.63, 3.8) is 0 Å². The van der Waals surface area contributed by atoms with Gasteiger partial charge in [0.15, 0.2) is 0 Å². The highest BCUT2D eigenvalue weighted by Gasteiger charge is 2.10. The molecule has 1 aromatic carbocycles. The number of thiazole rings is 1. The molecule has 1 unspecified atom stereocenters. The fourth-order valence-electron chi connectivity index (χ4n) is 1.88. The Bertz CT molecular complexity index is 655. The zero-order chi connectivity index (χ0) is 16.8. The Labute approximate surface area is 141 Å². The van der Waals surface area contributed by atoms with Crippen LogP contribution in [-0.4, -0.2) is 42.5 Å². The lowest BCUT2D eigenvalue weighted by Gasteiger charge is -2.20. The summed E-state index contributed by atoms with van der Waals surface area (Å²) in [5, 5.41) is 5.94. The van der Waals surface area contributed by atoms with Gasteiger partial charge in [-0.1, -0.05) is 6.07 Å². The highest BCUT2D eigenvalue weighted by molar-refractivity contribution is 7.09. The second-order valence-electron chi connectivity index (χ2n) is 5.70. The Morgan fingerprint density at radius 1 is 1.43 bits per heavy atom. The van der Waals surface area contributed by atoms with Crippen LogP contribution in [0, 0.1) is 6.92 Å². The van der Waals surface area contributed by atoms with Gasteiger partial charge in [-0.15, -0.1) is 11.3 Å². The van der Waals surface area contributed by atoms with E-state index in [0.717, 1.165) is 10.7 Å². The van der Waals surface area contributed by atoms with E-state index in [0.29, 0.717) is 24.5 Å². The number of aromatic nitrogens is 1. The highest BCUT2D eigenvalue weighted by Crippen LogP contribution is 2.16. The van der Waals surface area contributed by atoms with Gasteiger partial charge in [0, 0.05) is 23.5 Å². The molecule has 1 atom stereocenters. The normalized spacial score (nSPS) is 12.2. The Kier molecular flexibility index (Phi) is 6.12. The SMILES string of the molecule is Cc1nc(COc2cccc(C(=O)NCC(C)N(C)C)c2)cs1. The number of ether oxygens (including phenoxy) is 1. The standard InChI is InChI=1S/C17H23N3O2S/c1-12(20(3)4)9-18-17(21)14-6-5-7-16(8-14)22-10-15-11-23-13(2)19-15/h5-8,11-12H,9-10H2,1-4H3,(H,18,21). The van der Waals surface area contributed by atoms with Crippen molar-refractivity contribution in [3.05, 3.63) is 45.9 Å². The molecule has 2 aromatic rings. The summed E-state index contributed by atoms with van der Waals surface area (Å²) in [4.78, 5) is 18.6. The zero-order valence-electron chi connectivity index (χ0n) is 14.0. The lowest BCUT2D eigenvalue weighted by Crippen LogP contribution is -2.38. The van der Waals surface area contributed by atoms with E-state index in [1.54, 1.807) is 23.5 Å². The molecule has 6 heteroatoms. The zero-order valence-corrected chi connectivity index (χ0v) is 14.8. The van der Waals surface area contributed by atoms with Gasteiger partial charge >= 0.3 is 0 Å². The van der Waals surface area contributed by atoms with Crippen LogP contribution in [0.25, 0.3) is 0 Å². The topological polar surface area (TPSA) is 54.5 Å². The van der Waals surface area contributed by atoms with E-state index >= 15 is 0 Å². The molecule has 0 saturated heterocycles. The predicted molar refractivity (Wildman–Crippen MR) is 93.1 cm³/mol. The van der Waals surface area contributed by atoms with Gasteiger partial charge in [-0.25, -0.2) is 4.98 Å². The maximum Gasteiger partial charge on any atom is 0.251 e. The van der Waals surface area contributed by atoms with Crippen LogP contribution < -0.4 is 10.1 Å². The van der Waals surface area contributed by atoms with Gasteiger partial charge in [0.1, 0.15) is 12.4 Å². The average Bonchev–Trinajstić information content (AvgIpc) is 2.96. The minimum Gasteiger partial charge on any atom is -0.487 e. The van der Waals surface area contributed by atoms with Crippen LogP contribution in [0.3, 0.4) is 0 Å². The van der Waals surface area contributed by atoms with Crippen LogP contribution in [0.2, 0.25) is 0 Å². The van der Waals surface area contributed by atoms with Crippen molar-refractivity contribution in [3.8, 4) is 5.75 Å². The van der Waals surface area contributed by atoms with Crippen LogP contribution in [0.15, 0.2) is 29.6 Å². The van der Waals surface area contributed by atoms with E-state index in [-0.39, 0.29) is 11.9 Å². The third-order valence-electron chi connectivity index (χ3n) is 3.59. The van der Waals surface area contributed by atoms with Gasteiger partial charge in [0.25, 0.3) is 5.91 Å². The number of aryl methyl sites for hydroxylation is 1. The van der Waals surface area contributed by atoms with Gasteiger partial charge in [-0.3, -0.25) is 4.79 Å². The first-order valence-corrected chi connectivity index (χ1v) is 8.42. The van der Waals surface area contributed by atoms with E-state index < -0.39 is 0 Å². The summed E-state index contributed by atoms with van der Waals surface area (Å²) in [5.41, 5.74) is 1.50. The molecule has 1 N–H and O–H groups in total. The van der Waals surface area contributed by atoms with Gasteiger partial charge in [0.2, 0.25) is 0 Å². The molecule has 0 aliphatic rings. The van der Waals surface area contributed by atoms with E-state index in [4.69, 9.17) is 4.74 Å². The molecule has 0 bridgehead atoms. The Morgan fingerprint density at radius 3 is 2.87 bits per heavy atom. The third-order valence-corrected chi connectivity index (χ3v) is 4.41.